The van der Waals surface area contributed by atoms with Crippen LogP contribution in [0.5, 0.6) is 0 Å². The predicted molar refractivity (Wildman–Crippen MR) is 89.1 cm³/mol. The van der Waals surface area contributed by atoms with Gasteiger partial charge in [0.15, 0.2) is 0 Å². The van der Waals surface area contributed by atoms with Crippen LogP contribution in [0.4, 0.5) is 4.39 Å². The van der Waals surface area contributed by atoms with Crippen molar-refractivity contribution in [2.24, 2.45) is 0 Å². The number of carbonyl (C=O) groups is 3. The summed E-state index contributed by atoms with van der Waals surface area (Å²) in [4.78, 5) is 31.7. The molecule has 0 aliphatic heterocycles. The molecule has 6 nitrogen and oxygen atoms in total. The average molecular weight is 362 g/mol. The monoisotopic (exact) mass is 362 g/mol. The first-order chi connectivity index (χ1) is 11.8. The Morgan fingerprint density at radius 2 is 1.52 bits per heavy atom. The van der Waals surface area contributed by atoms with Crippen molar-refractivity contribution in [1.29, 1.82) is 0 Å². The summed E-state index contributed by atoms with van der Waals surface area (Å²) in [6.45, 7) is 0. The third-order valence-electron chi connectivity index (χ3n) is 3.08. The zero-order valence-electron chi connectivity index (χ0n) is 12.5. The molecule has 128 valence electrons. The van der Waals surface area contributed by atoms with E-state index in [0.29, 0.717) is 4.88 Å². The van der Waals surface area contributed by atoms with E-state index in [9.17, 15) is 18.8 Å². The maximum Gasteiger partial charge on any atom is 0.345 e. The number of fused-ring (bicyclic) bond motifs is 1. The molecule has 0 atom stereocenters. The highest BCUT2D eigenvalue weighted by molar-refractivity contribution is 7.20. The minimum Gasteiger partial charge on any atom is -0.478 e. The zero-order chi connectivity index (χ0) is 18.6. The van der Waals surface area contributed by atoms with Crippen molar-refractivity contribution in [3.63, 3.8) is 0 Å². The van der Waals surface area contributed by atoms with Crippen LogP contribution in [0.15, 0.2) is 48.5 Å². The summed E-state index contributed by atoms with van der Waals surface area (Å²) < 4.78 is 13.7. The van der Waals surface area contributed by atoms with E-state index in [2.05, 4.69) is 0 Å². The van der Waals surface area contributed by atoms with E-state index < -0.39 is 29.3 Å². The van der Waals surface area contributed by atoms with Crippen LogP contribution in [0.1, 0.15) is 30.4 Å². The standard InChI is InChI=1S/C9H6O2S.C8H5FO4/c10-9(11)8-5-6-3-1-2-4-7(6)12-8;9-6-2-1-4(7(10)11)3-5(6)8(12)13/h1-5H,(H,10,11);1-3H,(H,10,11)(H,12,13). The molecule has 0 aliphatic carbocycles. The molecule has 0 saturated carbocycles. The van der Waals surface area contributed by atoms with Crippen LogP contribution >= 0.6 is 11.3 Å². The molecular weight excluding hydrogens is 351 g/mol. The highest BCUT2D eigenvalue weighted by Gasteiger charge is 2.13. The zero-order valence-corrected chi connectivity index (χ0v) is 13.3. The van der Waals surface area contributed by atoms with E-state index in [1.165, 1.54) is 11.3 Å². The van der Waals surface area contributed by atoms with Crippen molar-refractivity contribution in [2.75, 3.05) is 0 Å². The lowest BCUT2D eigenvalue weighted by Gasteiger charge is -1.98. The molecule has 1 aromatic heterocycles. The number of carboxylic acid groups (broad SMARTS) is 3. The van der Waals surface area contributed by atoms with Gasteiger partial charge in [0.2, 0.25) is 0 Å². The average Bonchev–Trinajstić information content (AvgIpc) is 3.00. The summed E-state index contributed by atoms with van der Waals surface area (Å²) in [5.41, 5.74) is -0.890. The number of thiophene rings is 1. The van der Waals surface area contributed by atoms with Crippen LogP contribution in [0, 0.1) is 5.82 Å². The molecule has 3 N–H and O–H groups in total. The van der Waals surface area contributed by atoms with Gasteiger partial charge in [-0.3, -0.25) is 0 Å². The summed E-state index contributed by atoms with van der Waals surface area (Å²) in [7, 11) is 0. The first-order valence-electron chi connectivity index (χ1n) is 6.77. The second kappa shape index (κ2) is 7.54. The summed E-state index contributed by atoms with van der Waals surface area (Å²) in [6.07, 6.45) is 0. The summed E-state index contributed by atoms with van der Waals surface area (Å²) >= 11 is 1.31. The molecular formula is C17H11FO6S. The first kappa shape index (κ1) is 18.1. The van der Waals surface area contributed by atoms with Crippen molar-refractivity contribution < 1.29 is 34.1 Å². The Morgan fingerprint density at radius 3 is 2.08 bits per heavy atom. The van der Waals surface area contributed by atoms with Crippen molar-refractivity contribution >= 4 is 39.3 Å². The second-order valence-corrected chi connectivity index (χ2v) is 5.84. The molecule has 0 aliphatic rings. The normalized spacial score (nSPS) is 9.96. The van der Waals surface area contributed by atoms with Crippen molar-refractivity contribution in [1.82, 2.24) is 0 Å². The molecule has 0 radical (unpaired) electrons. The van der Waals surface area contributed by atoms with Gasteiger partial charge in [-0.15, -0.1) is 11.3 Å². The topological polar surface area (TPSA) is 112 Å². The van der Waals surface area contributed by atoms with Gasteiger partial charge in [-0.1, -0.05) is 18.2 Å². The Kier molecular flexibility index (Phi) is 5.45. The first-order valence-corrected chi connectivity index (χ1v) is 7.59. The number of aromatic carboxylic acids is 3. The molecule has 0 bridgehead atoms. The molecule has 25 heavy (non-hydrogen) atoms. The smallest absolute Gasteiger partial charge is 0.345 e. The van der Waals surface area contributed by atoms with E-state index in [1.807, 2.05) is 24.3 Å². The van der Waals surface area contributed by atoms with Crippen molar-refractivity contribution in [3.05, 3.63) is 70.4 Å². The molecule has 0 amide bonds. The van der Waals surface area contributed by atoms with Gasteiger partial charge in [-0.05, 0) is 35.7 Å². The number of hydrogen-bond acceptors (Lipinski definition) is 4. The highest BCUT2D eigenvalue weighted by Crippen LogP contribution is 2.24. The lowest BCUT2D eigenvalue weighted by atomic mass is 10.1. The molecule has 3 aromatic rings. The Morgan fingerprint density at radius 1 is 0.840 bits per heavy atom. The van der Waals surface area contributed by atoms with Gasteiger partial charge in [0.1, 0.15) is 10.7 Å². The maximum atomic E-state index is 12.7. The minimum atomic E-state index is -1.49. The Bertz CT molecular complexity index is 930. The SMILES string of the molecule is O=C(O)c1cc2ccccc2s1.O=C(O)c1ccc(F)c(C(=O)O)c1. The Balaban J connectivity index is 0.000000181. The quantitative estimate of drug-likeness (QED) is 0.653. The van der Waals surface area contributed by atoms with E-state index in [-0.39, 0.29) is 5.56 Å². The van der Waals surface area contributed by atoms with Gasteiger partial charge in [-0.2, -0.15) is 0 Å². The van der Waals surface area contributed by atoms with E-state index in [0.717, 1.165) is 28.3 Å². The van der Waals surface area contributed by atoms with Crippen LogP contribution < -0.4 is 0 Å². The molecule has 0 unspecified atom stereocenters. The fourth-order valence-electron chi connectivity index (χ4n) is 1.91. The van der Waals surface area contributed by atoms with E-state index >= 15 is 0 Å². The highest BCUT2D eigenvalue weighted by atomic mass is 32.1. The largest absolute Gasteiger partial charge is 0.478 e. The van der Waals surface area contributed by atoms with Crippen molar-refractivity contribution in [3.8, 4) is 0 Å². The molecule has 8 heteroatoms. The number of rotatable bonds is 3. The molecule has 3 rings (SSSR count). The van der Waals surface area contributed by atoms with Crippen LogP contribution in [0.2, 0.25) is 0 Å². The minimum absolute atomic E-state index is 0.251. The van der Waals surface area contributed by atoms with Gasteiger partial charge in [0, 0.05) is 4.70 Å². The van der Waals surface area contributed by atoms with Crippen LogP contribution in [-0.4, -0.2) is 33.2 Å². The lowest BCUT2D eigenvalue weighted by molar-refractivity contribution is 0.0682. The van der Waals surface area contributed by atoms with Crippen LogP contribution in [0.25, 0.3) is 10.1 Å². The third-order valence-corrected chi connectivity index (χ3v) is 4.18. The molecule has 2 aromatic carbocycles. The number of hydrogen-bond donors (Lipinski definition) is 3. The lowest BCUT2D eigenvalue weighted by Crippen LogP contribution is -2.04. The van der Waals surface area contributed by atoms with Gasteiger partial charge >= 0.3 is 17.9 Å². The van der Waals surface area contributed by atoms with Crippen molar-refractivity contribution in [2.45, 2.75) is 0 Å². The summed E-state index contributed by atoms with van der Waals surface area (Å²) in [5, 5.41) is 26.6. The predicted octanol–water partition coefficient (Wildman–Crippen LogP) is 3.82. The molecule has 1 heterocycles. The van der Waals surface area contributed by atoms with Gasteiger partial charge in [-0.25, -0.2) is 18.8 Å². The van der Waals surface area contributed by atoms with E-state index in [1.54, 1.807) is 6.07 Å². The Labute approximate surface area is 144 Å². The van der Waals surface area contributed by atoms with Gasteiger partial charge < -0.3 is 15.3 Å². The second-order valence-electron chi connectivity index (χ2n) is 4.76. The molecule has 0 spiro atoms. The van der Waals surface area contributed by atoms with E-state index in [4.69, 9.17) is 15.3 Å². The fraction of sp³-hybridized carbons (Fsp3) is 0. The molecule has 0 fully saturated rings. The number of carboxylic acids is 3. The summed E-state index contributed by atoms with van der Waals surface area (Å²) in [5.74, 6) is -4.57. The summed E-state index contributed by atoms with van der Waals surface area (Å²) in [6, 6.07) is 11.9. The number of halogens is 1. The Hall–Kier alpha value is -3.26. The van der Waals surface area contributed by atoms with Gasteiger partial charge in [0.25, 0.3) is 0 Å². The fourth-order valence-corrected chi connectivity index (χ4v) is 2.81. The third kappa shape index (κ3) is 4.39. The van der Waals surface area contributed by atoms with Gasteiger partial charge in [0.05, 0.1) is 11.1 Å². The number of benzene rings is 2. The van der Waals surface area contributed by atoms with Crippen LogP contribution in [-0.2, 0) is 0 Å². The van der Waals surface area contributed by atoms with Crippen LogP contribution in [0.3, 0.4) is 0 Å². The molecule has 0 saturated heterocycles. The maximum absolute atomic E-state index is 12.7.